The van der Waals surface area contributed by atoms with E-state index in [1.807, 2.05) is 19.9 Å². The third kappa shape index (κ3) is 1.57. The number of methoxy groups -OCH3 is 2. The Balaban J connectivity index is 2.09. The second kappa shape index (κ2) is 4.87. The van der Waals surface area contributed by atoms with Gasteiger partial charge >= 0.3 is 11.9 Å². The highest BCUT2D eigenvalue weighted by Crippen LogP contribution is 2.74. The maximum Gasteiger partial charge on any atom is 0.335 e. The number of allylic oxidation sites excluding steroid dienone is 1. The van der Waals surface area contributed by atoms with Crippen LogP contribution in [0.2, 0.25) is 0 Å². The molecule has 0 radical (unpaired) electrons. The number of rotatable bonds is 2. The van der Waals surface area contributed by atoms with Crippen LogP contribution in [-0.4, -0.2) is 48.1 Å². The quantitative estimate of drug-likeness (QED) is 0.572. The number of esters is 2. The molecule has 4 rings (SSSR count). The van der Waals surface area contributed by atoms with Crippen LogP contribution in [0.15, 0.2) is 33.9 Å². The van der Waals surface area contributed by atoms with Crippen LogP contribution in [0.4, 0.5) is 0 Å². The molecule has 2 N–H and O–H groups in total. The number of carbonyl (C=O) groups is 2. The Morgan fingerprint density at radius 2 is 1.73 bits per heavy atom. The zero-order chi connectivity index (χ0) is 19.2. The summed E-state index contributed by atoms with van der Waals surface area (Å²) in [7, 11) is 2.52. The molecule has 4 unspecified atom stereocenters. The maximum atomic E-state index is 12.7. The fourth-order valence-electron chi connectivity index (χ4n) is 5.88. The third-order valence-electron chi connectivity index (χ3n) is 7.22. The predicted molar refractivity (Wildman–Crippen MR) is 91.7 cm³/mol. The van der Waals surface area contributed by atoms with E-state index < -0.39 is 40.4 Å². The lowest BCUT2D eigenvalue weighted by Gasteiger charge is -2.51. The molecule has 6 nitrogen and oxygen atoms in total. The normalized spacial score (nSPS) is 39.1. The highest BCUT2D eigenvalue weighted by atomic mass is 16.5. The van der Waals surface area contributed by atoms with Gasteiger partial charge in [0.1, 0.15) is 6.10 Å². The summed E-state index contributed by atoms with van der Waals surface area (Å²) in [6, 6.07) is 0. The summed E-state index contributed by atoms with van der Waals surface area (Å²) in [5, 5.41) is 22.7. The van der Waals surface area contributed by atoms with Gasteiger partial charge in [-0.25, -0.2) is 9.59 Å². The lowest BCUT2D eigenvalue weighted by Crippen LogP contribution is -2.60. The van der Waals surface area contributed by atoms with Crippen LogP contribution in [0.1, 0.15) is 33.6 Å². The SMILES string of the molecule is COC(=O)C1=C(C(=O)OC)C23C=C(C)C1C2=C(C)C1(CC1)C(C)(O)C3O. The highest BCUT2D eigenvalue weighted by molar-refractivity contribution is 6.07. The first-order valence-electron chi connectivity index (χ1n) is 8.84. The van der Waals surface area contributed by atoms with Gasteiger partial charge in [-0.05, 0) is 39.2 Å². The molecule has 0 amide bonds. The first-order chi connectivity index (χ1) is 12.1. The number of aliphatic hydroxyl groups is 2. The lowest BCUT2D eigenvalue weighted by atomic mass is 9.57. The first-order valence-corrected chi connectivity index (χ1v) is 8.84. The van der Waals surface area contributed by atoms with Gasteiger partial charge in [0.25, 0.3) is 0 Å². The van der Waals surface area contributed by atoms with Gasteiger partial charge in [0, 0.05) is 11.3 Å². The summed E-state index contributed by atoms with van der Waals surface area (Å²) < 4.78 is 9.92. The molecular formula is C20H24O6. The average molecular weight is 360 g/mol. The van der Waals surface area contributed by atoms with Crippen LogP contribution in [0.3, 0.4) is 0 Å². The Kier molecular flexibility index (Phi) is 3.27. The van der Waals surface area contributed by atoms with Crippen molar-refractivity contribution < 1.29 is 29.3 Å². The van der Waals surface area contributed by atoms with Crippen molar-refractivity contribution in [1.29, 1.82) is 0 Å². The fraction of sp³-hybridized carbons (Fsp3) is 0.600. The van der Waals surface area contributed by atoms with Crippen LogP contribution in [0.25, 0.3) is 0 Å². The van der Waals surface area contributed by atoms with Crippen LogP contribution in [0, 0.1) is 16.7 Å². The maximum absolute atomic E-state index is 12.7. The van der Waals surface area contributed by atoms with Crippen molar-refractivity contribution in [3.8, 4) is 0 Å². The second-order valence-electron chi connectivity index (χ2n) is 8.13. The van der Waals surface area contributed by atoms with Crippen molar-refractivity contribution in [1.82, 2.24) is 0 Å². The zero-order valence-corrected chi connectivity index (χ0v) is 15.7. The molecule has 4 aliphatic carbocycles. The molecule has 0 aromatic rings. The minimum absolute atomic E-state index is 0.0973. The van der Waals surface area contributed by atoms with Crippen molar-refractivity contribution in [3.05, 3.63) is 33.9 Å². The van der Waals surface area contributed by atoms with Crippen LogP contribution >= 0.6 is 0 Å². The molecule has 0 heterocycles. The molecule has 6 heteroatoms. The van der Waals surface area contributed by atoms with Gasteiger partial charge in [-0.1, -0.05) is 17.2 Å². The Bertz CT molecular complexity index is 838. The first kappa shape index (κ1) is 17.5. The van der Waals surface area contributed by atoms with Crippen molar-refractivity contribution in [3.63, 3.8) is 0 Å². The van der Waals surface area contributed by atoms with Crippen LogP contribution in [0.5, 0.6) is 0 Å². The minimum atomic E-state index is -1.42. The van der Waals surface area contributed by atoms with E-state index in [2.05, 4.69) is 0 Å². The summed E-state index contributed by atoms with van der Waals surface area (Å²) in [6.45, 7) is 5.45. The van der Waals surface area contributed by atoms with Gasteiger partial charge in [0.05, 0.1) is 36.4 Å². The Hall–Kier alpha value is -1.92. The third-order valence-corrected chi connectivity index (χ3v) is 7.22. The molecular weight excluding hydrogens is 336 g/mol. The summed E-state index contributed by atoms with van der Waals surface area (Å²) in [5.74, 6) is -1.70. The van der Waals surface area contributed by atoms with Crippen molar-refractivity contribution in [2.24, 2.45) is 16.7 Å². The molecule has 2 bridgehead atoms. The monoisotopic (exact) mass is 360 g/mol. The number of hydrogen-bond donors (Lipinski definition) is 2. The van der Waals surface area contributed by atoms with E-state index in [4.69, 9.17) is 9.47 Å². The van der Waals surface area contributed by atoms with Crippen LogP contribution < -0.4 is 0 Å². The fourth-order valence-corrected chi connectivity index (χ4v) is 5.88. The van der Waals surface area contributed by atoms with Crippen molar-refractivity contribution in [2.45, 2.75) is 45.3 Å². The summed E-state index contributed by atoms with van der Waals surface area (Å²) in [5.41, 5.74) is -0.168. The van der Waals surface area contributed by atoms with E-state index in [0.717, 1.165) is 29.6 Å². The standard InChI is InChI=1S/C20H24O6/c1-9-8-20-13(10(2)19(6-7-19)18(3,24)17(20)23)11(9)12(15(21)25-4)14(20)16(22)26-5/h8,11,17,23-24H,6-7H2,1-5H3. The van der Waals surface area contributed by atoms with Gasteiger partial charge in [-0.3, -0.25) is 0 Å². The van der Waals surface area contributed by atoms with Gasteiger partial charge in [0.2, 0.25) is 0 Å². The number of ether oxygens (including phenoxy) is 2. The molecule has 0 saturated heterocycles. The predicted octanol–water partition coefficient (Wildman–Crippen LogP) is 1.43. The van der Waals surface area contributed by atoms with Crippen molar-refractivity contribution >= 4 is 11.9 Å². The number of carbonyl (C=O) groups excluding carboxylic acids is 2. The molecule has 0 aromatic carbocycles. The summed E-state index contributed by atoms with van der Waals surface area (Å²) >= 11 is 0. The molecule has 1 saturated carbocycles. The summed E-state index contributed by atoms with van der Waals surface area (Å²) in [4.78, 5) is 25.3. The molecule has 26 heavy (non-hydrogen) atoms. The van der Waals surface area contributed by atoms with Gasteiger partial charge in [-0.2, -0.15) is 0 Å². The van der Waals surface area contributed by atoms with Gasteiger partial charge < -0.3 is 19.7 Å². The smallest absolute Gasteiger partial charge is 0.335 e. The minimum Gasteiger partial charge on any atom is -0.466 e. The molecule has 1 spiro atoms. The summed E-state index contributed by atoms with van der Waals surface area (Å²) in [6.07, 6.45) is 2.11. The van der Waals surface area contributed by atoms with E-state index in [1.54, 1.807) is 6.92 Å². The second-order valence-corrected chi connectivity index (χ2v) is 8.13. The van der Waals surface area contributed by atoms with E-state index in [1.165, 1.54) is 14.2 Å². The van der Waals surface area contributed by atoms with E-state index in [0.29, 0.717) is 0 Å². The van der Waals surface area contributed by atoms with Gasteiger partial charge in [0.15, 0.2) is 0 Å². The Labute approximate surface area is 152 Å². The average Bonchev–Trinajstić information content (AvgIpc) is 3.31. The van der Waals surface area contributed by atoms with E-state index in [9.17, 15) is 19.8 Å². The molecule has 0 aromatic heterocycles. The molecule has 4 aliphatic rings. The van der Waals surface area contributed by atoms with E-state index >= 15 is 0 Å². The van der Waals surface area contributed by atoms with Crippen LogP contribution in [-0.2, 0) is 19.1 Å². The van der Waals surface area contributed by atoms with E-state index in [-0.39, 0.29) is 11.1 Å². The number of hydrogen-bond acceptors (Lipinski definition) is 6. The van der Waals surface area contributed by atoms with Gasteiger partial charge in [-0.15, -0.1) is 0 Å². The Morgan fingerprint density at radius 3 is 2.23 bits per heavy atom. The lowest BCUT2D eigenvalue weighted by molar-refractivity contribution is -0.148. The molecule has 0 aliphatic heterocycles. The number of aliphatic hydroxyl groups excluding tert-OH is 1. The molecule has 1 fully saturated rings. The highest BCUT2D eigenvalue weighted by Gasteiger charge is 2.74. The molecule has 140 valence electrons. The van der Waals surface area contributed by atoms with Crippen molar-refractivity contribution in [2.75, 3.05) is 14.2 Å². The molecule has 4 atom stereocenters. The largest absolute Gasteiger partial charge is 0.466 e. The zero-order valence-electron chi connectivity index (χ0n) is 15.7. The topological polar surface area (TPSA) is 93.1 Å². The Morgan fingerprint density at radius 1 is 1.15 bits per heavy atom.